The predicted molar refractivity (Wildman–Crippen MR) is 124 cm³/mol. The molecule has 0 amide bonds. The summed E-state index contributed by atoms with van der Waals surface area (Å²) in [6.07, 6.45) is -2.09. The Bertz CT molecular complexity index is 1360. The minimum atomic E-state index is -4.80. The number of hydrogen-bond acceptors (Lipinski definition) is 3. The maximum absolute atomic E-state index is 15.0. The van der Waals surface area contributed by atoms with Crippen LogP contribution in [0.15, 0.2) is 36.4 Å². The molecule has 11 heteroatoms. The molecule has 0 N–H and O–H groups in total. The molecule has 1 fully saturated rings. The van der Waals surface area contributed by atoms with E-state index in [0.717, 1.165) is 31.4 Å². The standard InChI is InChI=1S/C28H21F8NO2/c1-2-3-14-4-5-25(38-13-14)15-6-21(31)26(22(32)7-15)16-8-23(33)27(24(34)9-16)28(35,36)39-17-10-19(29)18(12-37)20(30)11-17/h6-11,14,25H,2-5,13H2,1H3. The maximum atomic E-state index is 15.0. The Morgan fingerprint density at radius 2 is 1.46 bits per heavy atom. The molecule has 4 rings (SSSR count). The second-order valence-corrected chi connectivity index (χ2v) is 9.22. The highest BCUT2D eigenvalue weighted by Crippen LogP contribution is 2.40. The van der Waals surface area contributed by atoms with Crippen molar-refractivity contribution in [1.29, 1.82) is 5.26 Å². The Labute approximate surface area is 218 Å². The highest BCUT2D eigenvalue weighted by atomic mass is 19.3. The van der Waals surface area contributed by atoms with Crippen LogP contribution in [0, 0.1) is 52.2 Å². The summed E-state index contributed by atoms with van der Waals surface area (Å²) in [6.45, 7) is 2.47. The van der Waals surface area contributed by atoms with Gasteiger partial charge in [0.05, 0.1) is 18.3 Å². The van der Waals surface area contributed by atoms with Crippen molar-refractivity contribution in [3.8, 4) is 22.9 Å². The second kappa shape index (κ2) is 11.2. The van der Waals surface area contributed by atoms with Gasteiger partial charge in [0, 0.05) is 12.1 Å². The largest absolute Gasteiger partial charge is 0.432 e. The summed E-state index contributed by atoms with van der Waals surface area (Å²) in [5, 5.41) is 8.66. The van der Waals surface area contributed by atoms with Crippen LogP contribution in [0.25, 0.3) is 11.1 Å². The highest BCUT2D eigenvalue weighted by Gasteiger charge is 2.42. The molecule has 3 aromatic rings. The first-order valence-electron chi connectivity index (χ1n) is 12.0. The minimum Gasteiger partial charge on any atom is -0.429 e. The average Bonchev–Trinajstić information content (AvgIpc) is 2.83. The average molecular weight is 555 g/mol. The van der Waals surface area contributed by atoms with E-state index >= 15 is 0 Å². The molecule has 0 radical (unpaired) electrons. The van der Waals surface area contributed by atoms with Gasteiger partial charge in [-0.15, -0.1) is 0 Å². The third-order valence-electron chi connectivity index (χ3n) is 6.50. The Kier molecular flexibility index (Phi) is 8.16. The summed E-state index contributed by atoms with van der Waals surface area (Å²) < 4.78 is 126. The van der Waals surface area contributed by atoms with Gasteiger partial charge in [0.2, 0.25) is 0 Å². The van der Waals surface area contributed by atoms with Crippen molar-refractivity contribution in [3.05, 3.63) is 88.0 Å². The number of rotatable bonds is 7. The molecular weight excluding hydrogens is 534 g/mol. The van der Waals surface area contributed by atoms with Crippen molar-refractivity contribution in [1.82, 2.24) is 0 Å². The van der Waals surface area contributed by atoms with E-state index in [0.29, 0.717) is 31.1 Å². The van der Waals surface area contributed by atoms with E-state index in [2.05, 4.69) is 4.74 Å². The van der Waals surface area contributed by atoms with Crippen molar-refractivity contribution < 1.29 is 44.6 Å². The summed E-state index contributed by atoms with van der Waals surface area (Å²) in [5.74, 6) is -10.1. The number of nitrogens with zero attached hydrogens (tertiary/aromatic N) is 1. The van der Waals surface area contributed by atoms with Crippen LogP contribution in [0.2, 0.25) is 0 Å². The molecule has 0 spiro atoms. The SMILES string of the molecule is CCCC1CCC(c2cc(F)c(-c3cc(F)c(C(F)(F)Oc4cc(F)c(C#N)c(F)c4)c(F)c3)c(F)c2)OC1. The van der Waals surface area contributed by atoms with Crippen LogP contribution >= 0.6 is 0 Å². The molecular formula is C28H21F8NO2. The third kappa shape index (κ3) is 5.86. The molecule has 1 heterocycles. The number of benzene rings is 3. The first-order chi connectivity index (χ1) is 18.4. The molecule has 3 nitrogen and oxygen atoms in total. The second-order valence-electron chi connectivity index (χ2n) is 9.22. The van der Waals surface area contributed by atoms with Gasteiger partial charge >= 0.3 is 6.11 Å². The molecule has 0 saturated carbocycles. The lowest BCUT2D eigenvalue weighted by molar-refractivity contribution is -0.189. The summed E-state index contributed by atoms with van der Waals surface area (Å²) in [4.78, 5) is 0. The lowest BCUT2D eigenvalue weighted by Gasteiger charge is -2.29. The van der Waals surface area contributed by atoms with Crippen molar-refractivity contribution in [2.45, 2.75) is 44.8 Å². The molecule has 39 heavy (non-hydrogen) atoms. The highest BCUT2D eigenvalue weighted by molar-refractivity contribution is 5.66. The molecule has 1 aliphatic rings. The van der Waals surface area contributed by atoms with Gasteiger partial charge in [-0.05, 0) is 60.6 Å². The fourth-order valence-corrected chi connectivity index (χ4v) is 4.67. The summed E-state index contributed by atoms with van der Waals surface area (Å²) in [5.41, 5.74) is -4.37. The Balaban J connectivity index is 1.62. The van der Waals surface area contributed by atoms with Crippen molar-refractivity contribution in [2.75, 3.05) is 6.61 Å². The minimum absolute atomic E-state index is 0.197. The van der Waals surface area contributed by atoms with E-state index in [1.807, 2.05) is 6.92 Å². The topological polar surface area (TPSA) is 42.2 Å². The molecule has 2 unspecified atom stereocenters. The molecule has 206 valence electrons. The van der Waals surface area contributed by atoms with Crippen molar-refractivity contribution >= 4 is 0 Å². The zero-order valence-corrected chi connectivity index (χ0v) is 20.4. The Hall–Kier alpha value is -3.65. The lowest BCUT2D eigenvalue weighted by Crippen LogP contribution is -2.25. The fourth-order valence-electron chi connectivity index (χ4n) is 4.67. The number of ether oxygens (including phenoxy) is 2. The van der Waals surface area contributed by atoms with Crippen LogP contribution in [0.4, 0.5) is 35.1 Å². The first-order valence-corrected chi connectivity index (χ1v) is 12.0. The molecule has 0 aromatic heterocycles. The number of nitriles is 1. The molecule has 0 aliphatic carbocycles. The quantitative estimate of drug-likeness (QED) is 0.275. The predicted octanol–water partition coefficient (Wildman–Crippen LogP) is 8.46. The summed E-state index contributed by atoms with van der Waals surface area (Å²) >= 11 is 0. The van der Waals surface area contributed by atoms with Crippen LogP contribution in [-0.4, -0.2) is 6.61 Å². The van der Waals surface area contributed by atoms with Crippen molar-refractivity contribution in [3.63, 3.8) is 0 Å². The van der Waals surface area contributed by atoms with Gasteiger partial charge in [-0.25, -0.2) is 26.3 Å². The molecule has 1 saturated heterocycles. The van der Waals surface area contributed by atoms with Crippen LogP contribution < -0.4 is 4.74 Å². The van der Waals surface area contributed by atoms with E-state index < -0.39 is 75.1 Å². The van der Waals surface area contributed by atoms with E-state index in [9.17, 15) is 35.1 Å². The van der Waals surface area contributed by atoms with Crippen LogP contribution in [-0.2, 0) is 10.8 Å². The van der Waals surface area contributed by atoms with Crippen LogP contribution in [0.3, 0.4) is 0 Å². The Morgan fingerprint density at radius 3 is 1.95 bits per heavy atom. The van der Waals surface area contributed by atoms with Crippen molar-refractivity contribution in [2.24, 2.45) is 5.92 Å². The smallest absolute Gasteiger partial charge is 0.429 e. The van der Waals surface area contributed by atoms with Gasteiger partial charge in [-0.2, -0.15) is 14.0 Å². The van der Waals surface area contributed by atoms with E-state index in [1.165, 1.54) is 6.07 Å². The van der Waals surface area contributed by atoms with E-state index in [4.69, 9.17) is 10.00 Å². The maximum Gasteiger partial charge on any atom is 0.432 e. The normalized spacial score (nSPS) is 17.6. The summed E-state index contributed by atoms with van der Waals surface area (Å²) in [7, 11) is 0. The lowest BCUT2D eigenvalue weighted by atomic mass is 9.91. The molecule has 2 atom stereocenters. The van der Waals surface area contributed by atoms with Gasteiger partial charge in [0.15, 0.2) is 0 Å². The zero-order chi connectivity index (χ0) is 28.5. The number of hydrogen-bond donors (Lipinski definition) is 0. The van der Waals surface area contributed by atoms with Gasteiger partial charge < -0.3 is 9.47 Å². The van der Waals surface area contributed by atoms with Crippen LogP contribution in [0.1, 0.15) is 55.4 Å². The fraction of sp³-hybridized carbons (Fsp3) is 0.321. The monoisotopic (exact) mass is 555 g/mol. The van der Waals surface area contributed by atoms with E-state index in [1.54, 1.807) is 0 Å². The van der Waals surface area contributed by atoms with Gasteiger partial charge in [0.1, 0.15) is 57.8 Å². The zero-order valence-electron chi connectivity index (χ0n) is 20.4. The van der Waals surface area contributed by atoms with Crippen LogP contribution in [0.5, 0.6) is 5.75 Å². The number of alkyl halides is 2. The van der Waals surface area contributed by atoms with Gasteiger partial charge in [-0.3, -0.25) is 0 Å². The number of halogens is 8. The van der Waals surface area contributed by atoms with Gasteiger partial charge in [0.25, 0.3) is 0 Å². The molecule has 1 aliphatic heterocycles. The molecule has 0 bridgehead atoms. The first kappa shape index (κ1) is 28.4. The van der Waals surface area contributed by atoms with Gasteiger partial charge in [-0.1, -0.05) is 13.3 Å². The Morgan fingerprint density at radius 1 is 0.872 bits per heavy atom. The van der Waals surface area contributed by atoms with E-state index in [-0.39, 0.29) is 17.7 Å². The molecule has 3 aromatic carbocycles. The third-order valence-corrected chi connectivity index (χ3v) is 6.50. The summed E-state index contributed by atoms with van der Waals surface area (Å²) in [6, 6.07) is 4.20.